The molecule has 0 saturated carbocycles. The second-order valence-corrected chi connectivity index (χ2v) is 8.90. The molecule has 0 aromatic carbocycles. The van der Waals surface area contributed by atoms with E-state index < -0.39 is 18.4 Å². The van der Waals surface area contributed by atoms with Crippen molar-refractivity contribution in [2.45, 2.75) is 39.5 Å². The van der Waals surface area contributed by atoms with Gasteiger partial charge in [-0.05, 0) is 45.4 Å². The van der Waals surface area contributed by atoms with Crippen molar-refractivity contribution in [3.05, 3.63) is 54.2 Å². The number of hydrogen-bond acceptors (Lipinski definition) is 8. The molecule has 0 saturated heterocycles. The maximum Gasteiger partial charge on any atom is 0.422 e. The van der Waals surface area contributed by atoms with Gasteiger partial charge in [0.05, 0.1) is 17.3 Å². The number of pyridine rings is 2. The average Bonchev–Trinajstić information content (AvgIpc) is 3.16. The molecular formula is C24H25F3N6O3. The van der Waals surface area contributed by atoms with E-state index in [0.29, 0.717) is 34.1 Å². The zero-order valence-corrected chi connectivity index (χ0v) is 20.1. The van der Waals surface area contributed by atoms with Crippen molar-refractivity contribution in [1.82, 2.24) is 24.6 Å². The van der Waals surface area contributed by atoms with E-state index in [2.05, 4.69) is 25.4 Å². The fourth-order valence-electron chi connectivity index (χ4n) is 3.39. The standard InChI is InChI=1S/C24H25F3N6O3/c1-14-7-20(30-15(2)29-14)31-21-9-17-8-16(5-6-33(17)32-21)18-10-22(36-13-24(25,26)27)28-11-19(18)35-12-23(3,4)34/h5-11,34H,12-13H2,1-4H3,(H,29,30,31,32). The minimum absolute atomic E-state index is 0.0504. The van der Waals surface area contributed by atoms with Gasteiger partial charge in [-0.3, -0.25) is 0 Å². The fraction of sp³-hybridized carbons (Fsp3) is 0.333. The van der Waals surface area contributed by atoms with E-state index in [0.717, 1.165) is 5.69 Å². The molecule has 0 aliphatic carbocycles. The van der Waals surface area contributed by atoms with Gasteiger partial charge in [-0.1, -0.05) is 0 Å². The number of aromatic nitrogens is 5. The summed E-state index contributed by atoms with van der Waals surface area (Å²) in [6.07, 6.45) is -1.51. The quantitative estimate of drug-likeness (QED) is 0.359. The minimum atomic E-state index is -4.50. The summed E-state index contributed by atoms with van der Waals surface area (Å²) in [7, 11) is 0. The molecule has 2 N–H and O–H groups in total. The molecule has 4 aromatic rings. The van der Waals surface area contributed by atoms with E-state index in [1.165, 1.54) is 12.3 Å². The summed E-state index contributed by atoms with van der Waals surface area (Å²) in [5.41, 5.74) is 1.48. The number of alkyl halides is 3. The first-order valence-corrected chi connectivity index (χ1v) is 11.0. The number of aliphatic hydroxyl groups is 1. The van der Waals surface area contributed by atoms with Gasteiger partial charge in [0.15, 0.2) is 12.4 Å². The normalized spacial score (nSPS) is 12.1. The van der Waals surface area contributed by atoms with Gasteiger partial charge in [-0.15, -0.1) is 0 Å². The lowest BCUT2D eigenvalue weighted by atomic mass is 10.1. The Morgan fingerprint density at radius 1 is 1.00 bits per heavy atom. The van der Waals surface area contributed by atoms with Crippen molar-refractivity contribution in [3.63, 3.8) is 0 Å². The van der Waals surface area contributed by atoms with Gasteiger partial charge in [0, 0.05) is 35.7 Å². The number of halogens is 3. The molecule has 4 rings (SSSR count). The van der Waals surface area contributed by atoms with E-state index in [4.69, 9.17) is 9.47 Å². The van der Waals surface area contributed by atoms with Gasteiger partial charge in [0.2, 0.25) is 5.88 Å². The molecule has 0 radical (unpaired) electrons. The summed E-state index contributed by atoms with van der Waals surface area (Å²) in [6, 6.07) is 8.51. The number of nitrogens with one attached hydrogen (secondary N) is 1. The Morgan fingerprint density at radius 2 is 1.78 bits per heavy atom. The topological polar surface area (TPSA) is 107 Å². The molecule has 0 fully saturated rings. The van der Waals surface area contributed by atoms with E-state index in [1.807, 2.05) is 6.92 Å². The van der Waals surface area contributed by atoms with Crippen LogP contribution in [-0.4, -0.2) is 54.7 Å². The number of nitrogens with zero attached hydrogens (tertiary/aromatic N) is 5. The maximum atomic E-state index is 12.6. The number of ether oxygens (including phenoxy) is 2. The largest absolute Gasteiger partial charge is 0.488 e. The van der Waals surface area contributed by atoms with Gasteiger partial charge in [-0.2, -0.15) is 18.3 Å². The minimum Gasteiger partial charge on any atom is -0.488 e. The fourth-order valence-corrected chi connectivity index (χ4v) is 3.39. The smallest absolute Gasteiger partial charge is 0.422 e. The molecular weight excluding hydrogens is 477 g/mol. The molecule has 0 unspecified atom stereocenters. The molecule has 0 atom stereocenters. The Morgan fingerprint density at radius 3 is 2.47 bits per heavy atom. The van der Waals surface area contributed by atoms with Crippen molar-refractivity contribution >= 4 is 17.2 Å². The van der Waals surface area contributed by atoms with Crippen molar-refractivity contribution in [2.24, 2.45) is 0 Å². The lowest BCUT2D eigenvalue weighted by molar-refractivity contribution is -0.154. The molecule has 36 heavy (non-hydrogen) atoms. The second kappa shape index (κ2) is 9.61. The zero-order valence-electron chi connectivity index (χ0n) is 20.1. The van der Waals surface area contributed by atoms with Crippen LogP contribution in [0.3, 0.4) is 0 Å². The molecule has 4 heterocycles. The van der Waals surface area contributed by atoms with Crippen molar-refractivity contribution in [2.75, 3.05) is 18.5 Å². The van der Waals surface area contributed by atoms with Crippen LogP contribution in [0.4, 0.5) is 24.8 Å². The summed E-state index contributed by atoms with van der Waals surface area (Å²) >= 11 is 0. The van der Waals surface area contributed by atoms with Gasteiger partial charge in [0.25, 0.3) is 0 Å². The highest BCUT2D eigenvalue weighted by molar-refractivity contribution is 5.75. The van der Waals surface area contributed by atoms with E-state index in [1.54, 1.807) is 55.7 Å². The van der Waals surface area contributed by atoms with Crippen LogP contribution in [0.1, 0.15) is 25.4 Å². The predicted molar refractivity (Wildman–Crippen MR) is 127 cm³/mol. The first-order chi connectivity index (χ1) is 16.8. The van der Waals surface area contributed by atoms with Crippen molar-refractivity contribution in [3.8, 4) is 22.8 Å². The lowest BCUT2D eigenvalue weighted by Crippen LogP contribution is -2.28. The molecule has 0 aliphatic rings. The van der Waals surface area contributed by atoms with Gasteiger partial charge in [-0.25, -0.2) is 19.5 Å². The predicted octanol–water partition coefficient (Wildman–Crippen LogP) is 4.64. The lowest BCUT2D eigenvalue weighted by Gasteiger charge is -2.20. The van der Waals surface area contributed by atoms with Crippen LogP contribution < -0.4 is 14.8 Å². The molecule has 190 valence electrons. The Kier molecular flexibility index (Phi) is 6.72. The SMILES string of the molecule is Cc1cc(Nc2cc3cc(-c4cc(OCC(F)(F)F)ncc4OCC(C)(C)O)ccn3n2)nc(C)n1. The number of aryl methyl sites for hydroxylation is 2. The van der Waals surface area contributed by atoms with Gasteiger partial charge in [0.1, 0.15) is 24.0 Å². The van der Waals surface area contributed by atoms with Gasteiger partial charge >= 0.3 is 6.18 Å². The van der Waals surface area contributed by atoms with Crippen LogP contribution in [0, 0.1) is 13.8 Å². The Bertz CT molecular complexity index is 1360. The molecule has 4 aromatic heterocycles. The molecule has 0 bridgehead atoms. The number of anilines is 2. The molecule has 12 heteroatoms. The Labute approximate surface area is 204 Å². The Balaban J connectivity index is 1.67. The number of rotatable bonds is 8. The van der Waals surface area contributed by atoms with Crippen LogP contribution in [0.25, 0.3) is 16.6 Å². The molecule has 9 nitrogen and oxygen atoms in total. The highest BCUT2D eigenvalue weighted by atomic mass is 19.4. The highest BCUT2D eigenvalue weighted by Crippen LogP contribution is 2.34. The van der Waals surface area contributed by atoms with E-state index in [9.17, 15) is 18.3 Å². The van der Waals surface area contributed by atoms with Crippen LogP contribution in [-0.2, 0) is 0 Å². The van der Waals surface area contributed by atoms with E-state index in [-0.39, 0.29) is 18.2 Å². The number of hydrogen-bond donors (Lipinski definition) is 2. The molecule has 0 spiro atoms. The van der Waals surface area contributed by atoms with Crippen molar-refractivity contribution in [1.29, 1.82) is 0 Å². The van der Waals surface area contributed by atoms with Gasteiger partial charge < -0.3 is 19.9 Å². The highest BCUT2D eigenvalue weighted by Gasteiger charge is 2.29. The van der Waals surface area contributed by atoms with Crippen LogP contribution in [0.2, 0.25) is 0 Å². The zero-order chi connectivity index (χ0) is 26.1. The summed E-state index contributed by atoms with van der Waals surface area (Å²) < 4.78 is 50.1. The summed E-state index contributed by atoms with van der Waals surface area (Å²) in [4.78, 5) is 12.5. The second-order valence-electron chi connectivity index (χ2n) is 8.90. The molecule has 0 aliphatic heterocycles. The third kappa shape index (κ3) is 6.60. The third-order valence-electron chi connectivity index (χ3n) is 4.80. The summed E-state index contributed by atoms with van der Waals surface area (Å²) in [5, 5.41) is 17.7. The van der Waals surface area contributed by atoms with Crippen molar-refractivity contribution < 1.29 is 27.8 Å². The average molecular weight is 502 g/mol. The first-order valence-electron chi connectivity index (χ1n) is 11.0. The number of fused-ring (bicyclic) bond motifs is 1. The molecule has 0 amide bonds. The summed E-state index contributed by atoms with van der Waals surface area (Å²) in [5.74, 6) is 1.86. The summed E-state index contributed by atoms with van der Waals surface area (Å²) in [6.45, 7) is 5.30. The first kappa shape index (κ1) is 25.2. The van der Waals surface area contributed by atoms with Crippen LogP contribution in [0.15, 0.2) is 42.7 Å². The third-order valence-corrected chi connectivity index (χ3v) is 4.80. The monoisotopic (exact) mass is 502 g/mol. The van der Waals surface area contributed by atoms with E-state index >= 15 is 0 Å². The maximum absolute atomic E-state index is 12.6. The Hall–Kier alpha value is -3.93. The van der Waals surface area contributed by atoms with Crippen LogP contribution in [0.5, 0.6) is 11.6 Å². The van der Waals surface area contributed by atoms with Crippen LogP contribution >= 0.6 is 0 Å².